The van der Waals surface area contributed by atoms with Gasteiger partial charge in [0.05, 0.1) is 6.61 Å². The molecule has 9 heteroatoms. The van der Waals surface area contributed by atoms with Crippen molar-refractivity contribution in [2.45, 2.75) is 19.5 Å². The topological polar surface area (TPSA) is 50.3 Å². The van der Waals surface area contributed by atoms with Gasteiger partial charge in [-0.15, -0.1) is 0 Å². The maximum absolute atomic E-state index is 13.5. The van der Waals surface area contributed by atoms with E-state index in [1.807, 2.05) is 6.92 Å². The predicted octanol–water partition coefficient (Wildman–Crippen LogP) is 5.93. The summed E-state index contributed by atoms with van der Waals surface area (Å²) in [4.78, 5) is 9.10. The first-order chi connectivity index (χ1) is 14.3. The van der Waals surface area contributed by atoms with E-state index in [1.165, 1.54) is 36.2 Å². The molecule has 0 spiro atoms. The van der Waals surface area contributed by atoms with Crippen molar-refractivity contribution in [3.63, 3.8) is 0 Å². The molecule has 2 aromatic carbocycles. The van der Waals surface area contributed by atoms with Crippen molar-refractivity contribution in [3.8, 4) is 5.75 Å². The first-order valence-corrected chi connectivity index (χ1v) is 9.21. The fraction of sp³-hybridized carbons (Fsp3) is 0.238. The Labute approximate surface area is 171 Å². The summed E-state index contributed by atoms with van der Waals surface area (Å²) in [6, 6.07) is 12.0. The lowest BCUT2D eigenvalue weighted by Crippen LogP contribution is -2.19. The smallest absolute Gasteiger partial charge is 0.421 e. The van der Waals surface area contributed by atoms with E-state index in [2.05, 4.69) is 15.3 Å². The van der Waals surface area contributed by atoms with Crippen LogP contribution in [0.2, 0.25) is 0 Å². The van der Waals surface area contributed by atoms with E-state index in [1.54, 1.807) is 24.3 Å². The Morgan fingerprint density at radius 3 is 2.30 bits per heavy atom. The van der Waals surface area contributed by atoms with Gasteiger partial charge < -0.3 is 15.0 Å². The van der Waals surface area contributed by atoms with Gasteiger partial charge >= 0.3 is 6.18 Å². The zero-order valence-electron chi connectivity index (χ0n) is 16.4. The van der Waals surface area contributed by atoms with Crippen molar-refractivity contribution in [1.29, 1.82) is 0 Å². The monoisotopic (exact) mass is 420 g/mol. The highest BCUT2D eigenvalue weighted by atomic mass is 19.4. The van der Waals surface area contributed by atoms with E-state index < -0.39 is 17.6 Å². The Morgan fingerprint density at radius 2 is 1.70 bits per heavy atom. The molecule has 0 saturated heterocycles. The van der Waals surface area contributed by atoms with Gasteiger partial charge in [-0.2, -0.15) is 18.2 Å². The summed E-state index contributed by atoms with van der Waals surface area (Å²) in [5, 5.41) is 2.89. The van der Waals surface area contributed by atoms with Gasteiger partial charge in [-0.1, -0.05) is 6.92 Å². The standard InChI is InChI=1S/C21H20F4N4O/c1-3-12-30-17-10-6-15(7-11-17)27-20-26-13-18(21(23,24)25)19(28-20)29(2)16-8-4-14(22)5-9-16/h4-11,13H,3,12H2,1-2H3,(H,26,27,28). The molecule has 0 aliphatic rings. The summed E-state index contributed by atoms with van der Waals surface area (Å²) < 4.78 is 59.2. The summed E-state index contributed by atoms with van der Waals surface area (Å²) >= 11 is 0. The molecule has 0 unspecified atom stereocenters. The van der Waals surface area contributed by atoms with E-state index in [0.29, 0.717) is 23.7 Å². The molecule has 1 N–H and O–H groups in total. The highest BCUT2D eigenvalue weighted by molar-refractivity contribution is 5.65. The van der Waals surface area contributed by atoms with Crippen molar-refractivity contribution >= 4 is 23.1 Å². The largest absolute Gasteiger partial charge is 0.494 e. The maximum Gasteiger partial charge on any atom is 0.421 e. The third-order valence-electron chi connectivity index (χ3n) is 4.19. The molecular formula is C21H20F4N4O. The summed E-state index contributed by atoms with van der Waals surface area (Å²) in [5.41, 5.74) is -0.0545. The molecule has 0 aliphatic heterocycles. The Bertz CT molecular complexity index is 976. The fourth-order valence-electron chi connectivity index (χ4n) is 2.66. The Balaban J connectivity index is 1.89. The number of nitrogens with zero attached hydrogens (tertiary/aromatic N) is 3. The van der Waals surface area contributed by atoms with Gasteiger partial charge in [-0.05, 0) is 55.0 Å². The number of hydrogen-bond donors (Lipinski definition) is 1. The van der Waals surface area contributed by atoms with Crippen LogP contribution in [0.3, 0.4) is 0 Å². The molecule has 0 aliphatic carbocycles. The number of benzene rings is 2. The van der Waals surface area contributed by atoms with Crippen molar-refractivity contribution in [1.82, 2.24) is 9.97 Å². The van der Waals surface area contributed by atoms with Gasteiger partial charge in [0.15, 0.2) is 5.82 Å². The minimum Gasteiger partial charge on any atom is -0.494 e. The van der Waals surface area contributed by atoms with Crippen LogP contribution in [0.15, 0.2) is 54.7 Å². The lowest BCUT2D eigenvalue weighted by atomic mass is 10.2. The average molecular weight is 420 g/mol. The van der Waals surface area contributed by atoms with Crippen LogP contribution in [-0.4, -0.2) is 23.6 Å². The molecular weight excluding hydrogens is 400 g/mol. The van der Waals surface area contributed by atoms with Gasteiger partial charge in [-0.3, -0.25) is 0 Å². The quantitative estimate of drug-likeness (QED) is 0.480. The fourth-order valence-corrected chi connectivity index (χ4v) is 2.66. The van der Waals surface area contributed by atoms with Crippen molar-refractivity contribution < 1.29 is 22.3 Å². The molecule has 0 atom stereocenters. The third kappa shape index (κ3) is 5.16. The number of rotatable bonds is 7. The molecule has 3 rings (SSSR count). The Hall–Kier alpha value is -3.36. The van der Waals surface area contributed by atoms with Crippen LogP contribution in [0, 0.1) is 5.82 Å². The molecule has 5 nitrogen and oxygen atoms in total. The van der Waals surface area contributed by atoms with E-state index in [4.69, 9.17) is 4.74 Å². The molecule has 0 saturated carbocycles. The Morgan fingerprint density at radius 1 is 1.03 bits per heavy atom. The highest BCUT2D eigenvalue weighted by Gasteiger charge is 2.36. The number of anilines is 4. The number of hydrogen-bond acceptors (Lipinski definition) is 5. The van der Waals surface area contributed by atoms with Crippen molar-refractivity contribution in [2.24, 2.45) is 0 Å². The molecule has 0 fully saturated rings. The minimum absolute atomic E-state index is 0.00538. The number of aromatic nitrogens is 2. The van der Waals surface area contributed by atoms with Gasteiger partial charge in [-0.25, -0.2) is 9.37 Å². The molecule has 0 amide bonds. The van der Waals surface area contributed by atoms with Crippen LogP contribution in [0.25, 0.3) is 0 Å². The number of alkyl halides is 3. The van der Waals surface area contributed by atoms with E-state index in [-0.39, 0.29) is 11.8 Å². The van der Waals surface area contributed by atoms with Gasteiger partial charge in [0.2, 0.25) is 5.95 Å². The van der Waals surface area contributed by atoms with Crippen LogP contribution in [-0.2, 0) is 6.18 Å². The van der Waals surface area contributed by atoms with Crippen LogP contribution < -0.4 is 15.0 Å². The molecule has 1 aromatic heterocycles. The van der Waals surface area contributed by atoms with E-state index in [0.717, 1.165) is 12.6 Å². The van der Waals surface area contributed by atoms with E-state index >= 15 is 0 Å². The zero-order valence-corrected chi connectivity index (χ0v) is 16.4. The predicted molar refractivity (Wildman–Crippen MR) is 107 cm³/mol. The number of ether oxygens (including phenoxy) is 1. The van der Waals surface area contributed by atoms with Crippen LogP contribution in [0.5, 0.6) is 5.75 Å². The second kappa shape index (κ2) is 8.98. The van der Waals surface area contributed by atoms with Crippen LogP contribution in [0.4, 0.5) is 40.7 Å². The van der Waals surface area contributed by atoms with Gasteiger partial charge in [0.1, 0.15) is 17.1 Å². The summed E-state index contributed by atoms with van der Waals surface area (Å²) in [7, 11) is 1.43. The second-order valence-electron chi connectivity index (χ2n) is 6.46. The number of halogens is 4. The molecule has 0 radical (unpaired) electrons. The maximum atomic E-state index is 13.5. The normalized spacial score (nSPS) is 11.3. The second-order valence-corrected chi connectivity index (χ2v) is 6.46. The Kier molecular flexibility index (Phi) is 6.39. The van der Waals surface area contributed by atoms with Crippen LogP contribution in [0.1, 0.15) is 18.9 Å². The first-order valence-electron chi connectivity index (χ1n) is 9.21. The van der Waals surface area contributed by atoms with Crippen molar-refractivity contribution in [3.05, 3.63) is 66.1 Å². The number of nitrogens with one attached hydrogen (secondary N) is 1. The summed E-state index contributed by atoms with van der Waals surface area (Å²) in [6.07, 6.45) is -3.05. The first kappa shape index (κ1) is 21.4. The minimum atomic E-state index is -4.65. The molecule has 3 aromatic rings. The zero-order chi connectivity index (χ0) is 21.7. The van der Waals surface area contributed by atoms with E-state index in [9.17, 15) is 17.6 Å². The molecule has 0 bridgehead atoms. The third-order valence-corrected chi connectivity index (χ3v) is 4.19. The average Bonchev–Trinajstić information content (AvgIpc) is 2.72. The van der Waals surface area contributed by atoms with Gasteiger partial charge in [0, 0.05) is 24.6 Å². The molecule has 30 heavy (non-hydrogen) atoms. The van der Waals surface area contributed by atoms with Gasteiger partial charge in [0.25, 0.3) is 0 Å². The molecule has 158 valence electrons. The SMILES string of the molecule is CCCOc1ccc(Nc2ncc(C(F)(F)F)c(N(C)c3ccc(F)cc3)n2)cc1. The molecule has 1 heterocycles. The highest BCUT2D eigenvalue weighted by Crippen LogP contribution is 2.37. The summed E-state index contributed by atoms with van der Waals surface area (Å²) in [6.45, 7) is 2.59. The lowest BCUT2D eigenvalue weighted by Gasteiger charge is -2.22. The summed E-state index contributed by atoms with van der Waals surface area (Å²) in [5.74, 6) is -0.157. The van der Waals surface area contributed by atoms with Crippen molar-refractivity contribution in [2.75, 3.05) is 23.9 Å². The lowest BCUT2D eigenvalue weighted by molar-refractivity contribution is -0.137. The van der Waals surface area contributed by atoms with Crippen LogP contribution >= 0.6 is 0 Å².